The molecule has 150 valence electrons. The number of likely N-dealkylation sites (tertiary alicyclic amines) is 1. The van der Waals surface area contributed by atoms with Crippen molar-refractivity contribution < 1.29 is 14.3 Å². The first-order valence-corrected chi connectivity index (χ1v) is 9.71. The maximum atomic E-state index is 12.5. The average molecular weight is 425 g/mol. The van der Waals surface area contributed by atoms with Crippen LogP contribution in [0.15, 0.2) is 30.3 Å². The van der Waals surface area contributed by atoms with E-state index in [1.807, 2.05) is 25.1 Å². The highest BCUT2D eigenvalue weighted by molar-refractivity contribution is 6.35. The van der Waals surface area contributed by atoms with Gasteiger partial charge in [-0.3, -0.25) is 4.79 Å². The first-order chi connectivity index (χ1) is 13.4. The van der Waals surface area contributed by atoms with Crippen molar-refractivity contribution in [3.63, 3.8) is 0 Å². The molecule has 0 saturated carbocycles. The van der Waals surface area contributed by atoms with Crippen LogP contribution >= 0.6 is 23.2 Å². The van der Waals surface area contributed by atoms with Gasteiger partial charge in [0, 0.05) is 31.7 Å². The largest absolute Gasteiger partial charge is 0.482 e. The molecule has 1 unspecified atom stereocenters. The minimum atomic E-state index is -0.128. The van der Waals surface area contributed by atoms with Gasteiger partial charge in [0.1, 0.15) is 11.9 Å². The summed E-state index contributed by atoms with van der Waals surface area (Å²) in [5.41, 5.74) is 0. The third-order valence-electron chi connectivity index (χ3n) is 4.35. The molecule has 2 heterocycles. The normalized spacial score (nSPS) is 16.6. The van der Waals surface area contributed by atoms with Gasteiger partial charge in [0.2, 0.25) is 5.88 Å². The lowest BCUT2D eigenvalue weighted by Gasteiger charge is -2.32. The number of nitrogens with zero attached hydrogens (tertiary/aromatic N) is 4. The molecular weight excluding hydrogens is 403 g/mol. The zero-order valence-electron chi connectivity index (χ0n) is 15.8. The number of anilines is 1. The summed E-state index contributed by atoms with van der Waals surface area (Å²) in [6, 6.07) is 8.53. The smallest absolute Gasteiger partial charge is 0.260 e. The molecule has 1 atom stereocenters. The summed E-state index contributed by atoms with van der Waals surface area (Å²) in [6.07, 6.45) is 1.57. The Labute approximate surface area is 174 Å². The molecule has 3 rings (SSSR count). The van der Waals surface area contributed by atoms with E-state index in [1.165, 1.54) is 0 Å². The minimum Gasteiger partial charge on any atom is -0.482 e. The summed E-state index contributed by atoms with van der Waals surface area (Å²) in [5.74, 6) is 1.52. The number of carbonyl (C=O) groups excluding carboxylic acids is 1. The van der Waals surface area contributed by atoms with E-state index in [0.717, 1.165) is 18.7 Å². The number of amides is 1. The third-order valence-corrected chi connectivity index (χ3v) is 4.88. The minimum absolute atomic E-state index is 0.0919. The van der Waals surface area contributed by atoms with Crippen LogP contribution in [-0.2, 0) is 4.79 Å². The quantitative estimate of drug-likeness (QED) is 0.708. The molecule has 1 aliphatic rings. The molecule has 1 fully saturated rings. The molecule has 7 nitrogen and oxygen atoms in total. The second kappa shape index (κ2) is 9.30. The van der Waals surface area contributed by atoms with Gasteiger partial charge in [-0.05, 0) is 37.1 Å². The first kappa shape index (κ1) is 20.5. The van der Waals surface area contributed by atoms with E-state index >= 15 is 0 Å². The standard InChI is InChI=1S/C19H22Cl2N4O3/c1-24(2)17-7-8-18(23-22-17)28-14-4-3-9-25(11-14)19(26)12-27-16-6-5-13(20)10-15(16)21/h5-8,10,14H,3-4,9,11-12H2,1-2H3. The van der Waals surface area contributed by atoms with Crippen molar-refractivity contribution in [1.82, 2.24) is 15.1 Å². The SMILES string of the molecule is CN(C)c1ccc(OC2CCCN(C(=O)COc3ccc(Cl)cc3Cl)C2)nn1. The summed E-state index contributed by atoms with van der Waals surface area (Å²) in [7, 11) is 3.79. The zero-order chi connectivity index (χ0) is 20.1. The van der Waals surface area contributed by atoms with Crippen LogP contribution in [0.3, 0.4) is 0 Å². The second-order valence-corrected chi connectivity index (χ2v) is 7.55. The molecule has 9 heteroatoms. The number of hydrogen-bond acceptors (Lipinski definition) is 6. The molecule has 2 aromatic rings. The van der Waals surface area contributed by atoms with Crippen molar-refractivity contribution in [2.24, 2.45) is 0 Å². The molecule has 0 radical (unpaired) electrons. The van der Waals surface area contributed by atoms with Crippen LogP contribution in [0.25, 0.3) is 0 Å². The Bertz CT molecular complexity index is 817. The Morgan fingerprint density at radius 3 is 2.75 bits per heavy atom. The van der Waals surface area contributed by atoms with Gasteiger partial charge in [-0.25, -0.2) is 0 Å². The van der Waals surface area contributed by atoms with Crippen LogP contribution < -0.4 is 14.4 Å². The molecule has 1 aliphatic heterocycles. The van der Waals surface area contributed by atoms with Gasteiger partial charge in [0.25, 0.3) is 5.91 Å². The number of piperidine rings is 1. The molecule has 1 aromatic carbocycles. The second-order valence-electron chi connectivity index (χ2n) is 6.71. The molecule has 1 amide bonds. The summed E-state index contributed by atoms with van der Waals surface area (Å²) < 4.78 is 11.4. The van der Waals surface area contributed by atoms with E-state index in [0.29, 0.717) is 34.8 Å². The maximum Gasteiger partial charge on any atom is 0.260 e. The van der Waals surface area contributed by atoms with Crippen LogP contribution in [0.1, 0.15) is 12.8 Å². The highest BCUT2D eigenvalue weighted by Gasteiger charge is 2.25. The molecule has 28 heavy (non-hydrogen) atoms. The van der Waals surface area contributed by atoms with Crippen LogP contribution in [-0.4, -0.2) is 60.9 Å². The number of rotatable bonds is 6. The Morgan fingerprint density at radius 1 is 1.25 bits per heavy atom. The van der Waals surface area contributed by atoms with Gasteiger partial charge < -0.3 is 19.3 Å². The van der Waals surface area contributed by atoms with Gasteiger partial charge in [-0.1, -0.05) is 23.2 Å². The van der Waals surface area contributed by atoms with Gasteiger partial charge in [-0.2, -0.15) is 0 Å². The fraction of sp³-hybridized carbons (Fsp3) is 0.421. The van der Waals surface area contributed by atoms with Crippen molar-refractivity contribution in [2.75, 3.05) is 38.7 Å². The Morgan fingerprint density at radius 2 is 2.07 bits per heavy atom. The average Bonchev–Trinajstić information content (AvgIpc) is 2.68. The Kier molecular flexibility index (Phi) is 6.80. The topological polar surface area (TPSA) is 67.8 Å². The molecule has 0 spiro atoms. The van der Waals surface area contributed by atoms with E-state index < -0.39 is 0 Å². The maximum absolute atomic E-state index is 12.5. The number of aromatic nitrogens is 2. The summed E-state index contributed by atoms with van der Waals surface area (Å²) in [4.78, 5) is 16.1. The number of benzene rings is 1. The van der Waals surface area contributed by atoms with Crippen molar-refractivity contribution >= 4 is 34.9 Å². The van der Waals surface area contributed by atoms with E-state index in [4.69, 9.17) is 32.7 Å². The summed E-state index contributed by atoms with van der Waals surface area (Å²) in [5, 5.41) is 9.08. The van der Waals surface area contributed by atoms with Gasteiger partial charge in [0.15, 0.2) is 12.4 Å². The Balaban J connectivity index is 1.52. The molecule has 1 aromatic heterocycles. The summed E-state index contributed by atoms with van der Waals surface area (Å²) in [6.45, 7) is 1.06. The molecule has 0 bridgehead atoms. The number of hydrogen-bond donors (Lipinski definition) is 0. The van der Waals surface area contributed by atoms with E-state index in [9.17, 15) is 4.79 Å². The highest BCUT2D eigenvalue weighted by atomic mass is 35.5. The van der Waals surface area contributed by atoms with Crippen molar-refractivity contribution in [2.45, 2.75) is 18.9 Å². The molecule has 0 N–H and O–H groups in total. The van der Waals surface area contributed by atoms with Crippen molar-refractivity contribution in [3.05, 3.63) is 40.4 Å². The van der Waals surface area contributed by atoms with Crippen LogP contribution in [0.2, 0.25) is 10.0 Å². The fourth-order valence-electron chi connectivity index (χ4n) is 2.87. The predicted octanol–water partition coefficient (Wildman–Crippen LogP) is 3.30. The van der Waals surface area contributed by atoms with E-state index in [-0.39, 0.29) is 18.6 Å². The van der Waals surface area contributed by atoms with Gasteiger partial charge in [-0.15, -0.1) is 10.2 Å². The number of ether oxygens (including phenoxy) is 2. The van der Waals surface area contributed by atoms with Crippen LogP contribution in [0.4, 0.5) is 5.82 Å². The van der Waals surface area contributed by atoms with E-state index in [1.54, 1.807) is 29.2 Å². The molecule has 0 aliphatic carbocycles. The van der Waals surface area contributed by atoms with Crippen molar-refractivity contribution in [3.8, 4) is 11.6 Å². The van der Waals surface area contributed by atoms with E-state index in [2.05, 4.69) is 10.2 Å². The lowest BCUT2D eigenvalue weighted by Crippen LogP contribution is -2.46. The molecular formula is C19H22Cl2N4O3. The zero-order valence-corrected chi connectivity index (χ0v) is 17.3. The monoisotopic (exact) mass is 424 g/mol. The summed E-state index contributed by atoms with van der Waals surface area (Å²) >= 11 is 11.9. The lowest BCUT2D eigenvalue weighted by molar-refractivity contribution is -0.136. The first-order valence-electron chi connectivity index (χ1n) is 8.95. The van der Waals surface area contributed by atoms with Crippen LogP contribution in [0.5, 0.6) is 11.6 Å². The van der Waals surface area contributed by atoms with Gasteiger partial charge in [0.05, 0.1) is 11.6 Å². The Hall–Kier alpha value is -2.25. The fourth-order valence-corrected chi connectivity index (χ4v) is 3.33. The number of halogens is 2. The van der Waals surface area contributed by atoms with Crippen LogP contribution in [0, 0.1) is 0 Å². The molecule has 1 saturated heterocycles. The number of carbonyl (C=O) groups is 1. The highest BCUT2D eigenvalue weighted by Crippen LogP contribution is 2.27. The third kappa shape index (κ3) is 5.39. The lowest BCUT2D eigenvalue weighted by atomic mass is 10.1. The predicted molar refractivity (Wildman–Crippen MR) is 109 cm³/mol. The van der Waals surface area contributed by atoms with Gasteiger partial charge >= 0.3 is 0 Å². The van der Waals surface area contributed by atoms with Crippen molar-refractivity contribution in [1.29, 1.82) is 0 Å².